The molecule has 1 heterocycles. The van der Waals surface area contributed by atoms with Gasteiger partial charge in [-0.15, -0.1) is 11.3 Å². The van der Waals surface area contributed by atoms with Crippen LogP contribution >= 0.6 is 11.3 Å². The lowest BCUT2D eigenvalue weighted by atomic mass is 9.80. The largest absolute Gasteiger partial charge is 0.493 e. The molecule has 24 heavy (non-hydrogen) atoms. The lowest BCUT2D eigenvalue weighted by Crippen LogP contribution is -2.23. The molecule has 2 fully saturated rings. The van der Waals surface area contributed by atoms with Gasteiger partial charge in [0, 0.05) is 16.9 Å². The summed E-state index contributed by atoms with van der Waals surface area (Å²) in [5.41, 5.74) is 2.10. The van der Waals surface area contributed by atoms with Gasteiger partial charge in [-0.1, -0.05) is 6.42 Å². The number of benzene rings is 1. The second kappa shape index (κ2) is 5.77. The smallest absolute Gasteiger partial charge is 0.229 e. The lowest BCUT2D eigenvalue weighted by Gasteiger charge is -2.26. The summed E-state index contributed by atoms with van der Waals surface area (Å²) in [5.74, 6) is 1.67. The highest BCUT2D eigenvalue weighted by molar-refractivity contribution is 7.14. The van der Waals surface area contributed by atoms with Crippen LogP contribution in [-0.2, 0) is 4.79 Å². The Morgan fingerprint density at radius 2 is 2.08 bits per heavy atom. The molecule has 0 aliphatic heterocycles. The standard InChI is InChI=1S/C18H20N2O3S/c1-22-14-5-4-11(8-15(14)23-2)13-10-24-17(19-13)20-16(21)12-9-18(12)6-3-7-18/h4-5,8,10,12H,3,6-7,9H2,1-2H3,(H,19,20,21)/t12-/m1/s1. The van der Waals surface area contributed by atoms with E-state index in [0.717, 1.165) is 17.7 Å². The second-order valence-electron chi connectivity index (χ2n) is 6.57. The number of ether oxygens (including phenoxy) is 2. The van der Waals surface area contributed by atoms with Crippen LogP contribution in [0.2, 0.25) is 0 Å². The van der Waals surface area contributed by atoms with Gasteiger partial charge in [-0.2, -0.15) is 0 Å². The summed E-state index contributed by atoms with van der Waals surface area (Å²) in [7, 11) is 3.22. The molecule has 126 valence electrons. The van der Waals surface area contributed by atoms with Crippen molar-refractivity contribution < 1.29 is 14.3 Å². The minimum Gasteiger partial charge on any atom is -0.493 e. The fourth-order valence-electron chi connectivity index (χ4n) is 3.55. The topological polar surface area (TPSA) is 60.5 Å². The Bertz CT molecular complexity index is 782. The fraction of sp³-hybridized carbons (Fsp3) is 0.444. The van der Waals surface area contributed by atoms with Crippen molar-refractivity contribution in [1.82, 2.24) is 4.98 Å². The van der Waals surface area contributed by atoms with Crippen molar-refractivity contribution in [2.75, 3.05) is 19.5 Å². The number of methoxy groups -OCH3 is 2. The number of rotatable bonds is 5. The van der Waals surface area contributed by atoms with Gasteiger partial charge in [0.1, 0.15) is 0 Å². The minimum absolute atomic E-state index is 0.128. The third-order valence-electron chi connectivity index (χ3n) is 5.27. The molecule has 0 saturated heterocycles. The number of carbonyl (C=O) groups excluding carboxylic acids is 1. The van der Waals surface area contributed by atoms with E-state index in [9.17, 15) is 4.79 Å². The maximum absolute atomic E-state index is 12.3. The Hall–Kier alpha value is -2.08. The number of carbonyl (C=O) groups is 1. The van der Waals surface area contributed by atoms with Gasteiger partial charge in [-0.05, 0) is 42.9 Å². The Kier molecular flexibility index (Phi) is 3.72. The molecule has 1 amide bonds. The summed E-state index contributed by atoms with van der Waals surface area (Å²) in [6.45, 7) is 0. The van der Waals surface area contributed by atoms with Crippen molar-refractivity contribution in [3.8, 4) is 22.8 Å². The summed E-state index contributed by atoms with van der Waals surface area (Å²) in [6, 6.07) is 5.69. The molecule has 1 N–H and O–H groups in total. The molecule has 2 aromatic rings. The van der Waals surface area contributed by atoms with E-state index in [4.69, 9.17) is 9.47 Å². The van der Waals surface area contributed by atoms with Crippen molar-refractivity contribution >= 4 is 22.4 Å². The van der Waals surface area contributed by atoms with Gasteiger partial charge in [0.15, 0.2) is 16.6 Å². The van der Waals surface area contributed by atoms with Crippen LogP contribution in [0, 0.1) is 11.3 Å². The summed E-state index contributed by atoms with van der Waals surface area (Å²) in [5, 5.41) is 5.59. The third kappa shape index (κ3) is 2.55. The molecule has 1 aromatic carbocycles. The average Bonchev–Trinajstić information content (AvgIpc) is 3.20. The van der Waals surface area contributed by atoms with Crippen molar-refractivity contribution in [3.63, 3.8) is 0 Å². The SMILES string of the molecule is COc1ccc(-c2csc(NC(=O)[C@H]3CC34CCC4)n2)cc1OC. The predicted molar refractivity (Wildman–Crippen MR) is 93.7 cm³/mol. The second-order valence-corrected chi connectivity index (χ2v) is 7.43. The van der Waals surface area contributed by atoms with Crippen LogP contribution in [0.5, 0.6) is 11.5 Å². The van der Waals surface area contributed by atoms with Crippen molar-refractivity contribution in [2.45, 2.75) is 25.7 Å². The Balaban J connectivity index is 1.47. The number of thiazole rings is 1. The number of hydrogen-bond donors (Lipinski definition) is 1. The molecular formula is C18H20N2O3S. The van der Waals surface area contributed by atoms with Gasteiger partial charge < -0.3 is 14.8 Å². The van der Waals surface area contributed by atoms with Crippen LogP contribution in [0.15, 0.2) is 23.6 Å². The van der Waals surface area contributed by atoms with Gasteiger partial charge in [-0.3, -0.25) is 4.79 Å². The molecule has 2 saturated carbocycles. The van der Waals surface area contributed by atoms with E-state index in [0.29, 0.717) is 22.0 Å². The van der Waals surface area contributed by atoms with Crippen LogP contribution in [0.4, 0.5) is 5.13 Å². The zero-order chi connectivity index (χ0) is 16.7. The molecule has 1 aromatic heterocycles. The van der Waals surface area contributed by atoms with Gasteiger partial charge in [0.25, 0.3) is 0 Å². The number of hydrogen-bond acceptors (Lipinski definition) is 5. The van der Waals surface area contributed by atoms with E-state index < -0.39 is 0 Å². The molecule has 2 aliphatic rings. The van der Waals surface area contributed by atoms with Crippen LogP contribution in [0.1, 0.15) is 25.7 Å². The monoisotopic (exact) mass is 344 g/mol. The molecule has 1 spiro atoms. The Labute approximate surface area is 145 Å². The van der Waals surface area contributed by atoms with E-state index in [1.165, 1.54) is 30.6 Å². The lowest BCUT2D eigenvalue weighted by molar-refractivity contribution is -0.118. The molecule has 0 bridgehead atoms. The fourth-order valence-corrected chi connectivity index (χ4v) is 4.28. The van der Waals surface area contributed by atoms with E-state index in [-0.39, 0.29) is 11.8 Å². The van der Waals surface area contributed by atoms with E-state index in [1.54, 1.807) is 14.2 Å². The first kappa shape index (κ1) is 15.4. The molecule has 1 atom stereocenters. The van der Waals surface area contributed by atoms with E-state index in [1.807, 2.05) is 23.6 Å². The van der Waals surface area contributed by atoms with Gasteiger partial charge in [0.2, 0.25) is 5.91 Å². The zero-order valence-corrected chi connectivity index (χ0v) is 14.6. The van der Waals surface area contributed by atoms with Crippen LogP contribution < -0.4 is 14.8 Å². The van der Waals surface area contributed by atoms with E-state index >= 15 is 0 Å². The van der Waals surface area contributed by atoms with Crippen LogP contribution in [0.3, 0.4) is 0 Å². The Morgan fingerprint density at radius 3 is 2.71 bits per heavy atom. The maximum atomic E-state index is 12.3. The Morgan fingerprint density at radius 1 is 1.29 bits per heavy atom. The molecule has 4 rings (SSSR count). The summed E-state index contributed by atoms with van der Waals surface area (Å²) < 4.78 is 10.6. The molecule has 2 aliphatic carbocycles. The highest BCUT2D eigenvalue weighted by Crippen LogP contribution is 2.65. The van der Waals surface area contributed by atoms with Crippen molar-refractivity contribution in [2.24, 2.45) is 11.3 Å². The molecule has 0 radical (unpaired) electrons. The van der Waals surface area contributed by atoms with Crippen molar-refractivity contribution in [1.29, 1.82) is 0 Å². The van der Waals surface area contributed by atoms with Crippen molar-refractivity contribution in [3.05, 3.63) is 23.6 Å². The van der Waals surface area contributed by atoms with Gasteiger partial charge in [0.05, 0.1) is 19.9 Å². The highest BCUT2D eigenvalue weighted by Gasteiger charge is 2.60. The predicted octanol–water partition coefficient (Wildman–Crippen LogP) is 3.96. The van der Waals surface area contributed by atoms with Gasteiger partial charge >= 0.3 is 0 Å². The maximum Gasteiger partial charge on any atom is 0.229 e. The first-order chi connectivity index (χ1) is 11.6. The first-order valence-electron chi connectivity index (χ1n) is 8.14. The third-order valence-corrected chi connectivity index (χ3v) is 6.03. The summed E-state index contributed by atoms with van der Waals surface area (Å²) in [4.78, 5) is 16.9. The number of amides is 1. The average molecular weight is 344 g/mol. The number of anilines is 1. The number of nitrogens with one attached hydrogen (secondary N) is 1. The quantitative estimate of drug-likeness (QED) is 0.892. The summed E-state index contributed by atoms with van der Waals surface area (Å²) >= 11 is 1.45. The van der Waals surface area contributed by atoms with Gasteiger partial charge in [-0.25, -0.2) is 4.98 Å². The molecule has 5 nitrogen and oxygen atoms in total. The molecular weight excluding hydrogens is 324 g/mol. The summed E-state index contributed by atoms with van der Waals surface area (Å²) in [6.07, 6.45) is 4.73. The highest BCUT2D eigenvalue weighted by atomic mass is 32.1. The number of nitrogens with zero attached hydrogens (tertiary/aromatic N) is 1. The number of aromatic nitrogens is 1. The van der Waals surface area contributed by atoms with Crippen LogP contribution in [0.25, 0.3) is 11.3 Å². The minimum atomic E-state index is 0.128. The van der Waals surface area contributed by atoms with E-state index in [2.05, 4.69) is 10.3 Å². The molecule has 0 unspecified atom stereocenters. The zero-order valence-electron chi connectivity index (χ0n) is 13.8. The van der Waals surface area contributed by atoms with Crippen LogP contribution in [-0.4, -0.2) is 25.1 Å². The first-order valence-corrected chi connectivity index (χ1v) is 9.02. The molecule has 6 heteroatoms. The normalized spacial score (nSPS) is 20.3.